The highest BCUT2D eigenvalue weighted by atomic mass is 32.2. The van der Waals surface area contributed by atoms with Gasteiger partial charge in [-0.3, -0.25) is 4.90 Å². The molecule has 1 aromatic carbocycles. The van der Waals surface area contributed by atoms with E-state index in [2.05, 4.69) is 17.1 Å². The summed E-state index contributed by atoms with van der Waals surface area (Å²) in [5.74, 6) is 1.75. The molecule has 3 atom stereocenters. The average molecular weight is 417 g/mol. The van der Waals surface area contributed by atoms with Gasteiger partial charge in [0.15, 0.2) is 0 Å². The molecule has 1 saturated heterocycles. The number of piperidine rings is 1. The molecule has 4 rings (SSSR count). The van der Waals surface area contributed by atoms with E-state index in [9.17, 15) is 8.42 Å². The zero-order valence-corrected chi connectivity index (χ0v) is 18.8. The lowest BCUT2D eigenvalue weighted by molar-refractivity contribution is 0.0923. The third kappa shape index (κ3) is 4.47. The smallest absolute Gasteiger partial charge is 0.243 e. The standard InChI is InChI=1S/C24H36N2O2S/c1-19-9-6-7-13-24(19)29(27,28)25(2)22-14-15-23(17-22)26-16-8-12-21(18-26)20-10-4-3-5-11-20/h6-7,9,13-15,20-23H,3-5,8,10-12,16-18H2,1-2H3. The van der Waals surface area contributed by atoms with Gasteiger partial charge in [0.05, 0.1) is 4.90 Å². The minimum Gasteiger partial charge on any atom is -0.297 e. The molecule has 0 N–H and O–H groups in total. The highest BCUT2D eigenvalue weighted by Crippen LogP contribution is 2.36. The lowest BCUT2D eigenvalue weighted by Gasteiger charge is -2.41. The minimum atomic E-state index is -3.47. The first-order valence-corrected chi connectivity index (χ1v) is 12.9. The summed E-state index contributed by atoms with van der Waals surface area (Å²) in [5, 5.41) is 0. The van der Waals surface area contributed by atoms with E-state index in [-0.39, 0.29) is 6.04 Å². The second-order valence-electron chi connectivity index (χ2n) is 9.34. The topological polar surface area (TPSA) is 40.6 Å². The van der Waals surface area contributed by atoms with Crippen molar-refractivity contribution >= 4 is 10.0 Å². The fourth-order valence-electron chi connectivity index (χ4n) is 5.71. The Bertz CT molecular complexity index is 829. The van der Waals surface area contributed by atoms with E-state index in [0.29, 0.717) is 10.9 Å². The summed E-state index contributed by atoms with van der Waals surface area (Å²) in [7, 11) is -1.74. The van der Waals surface area contributed by atoms with Gasteiger partial charge in [0.2, 0.25) is 10.0 Å². The predicted molar refractivity (Wildman–Crippen MR) is 118 cm³/mol. The van der Waals surface area contributed by atoms with E-state index in [4.69, 9.17) is 0 Å². The maximum atomic E-state index is 13.2. The highest BCUT2D eigenvalue weighted by molar-refractivity contribution is 7.89. The van der Waals surface area contributed by atoms with Crippen molar-refractivity contribution in [3.05, 3.63) is 42.0 Å². The van der Waals surface area contributed by atoms with Gasteiger partial charge < -0.3 is 0 Å². The number of rotatable bonds is 5. The third-order valence-corrected chi connectivity index (χ3v) is 9.57. The van der Waals surface area contributed by atoms with Crippen LogP contribution in [0.4, 0.5) is 0 Å². The van der Waals surface area contributed by atoms with Crippen LogP contribution < -0.4 is 0 Å². The molecule has 1 saturated carbocycles. The molecule has 3 aliphatic rings. The molecule has 3 unspecified atom stereocenters. The van der Waals surface area contributed by atoms with Gasteiger partial charge >= 0.3 is 0 Å². The van der Waals surface area contributed by atoms with Crippen LogP contribution in [0.3, 0.4) is 0 Å². The molecule has 1 heterocycles. The van der Waals surface area contributed by atoms with Crippen molar-refractivity contribution < 1.29 is 8.42 Å². The monoisotopic (exact) mass is 416 g/mol. The Kier molecular flexibility index (Phi) is 6.47. The number of nitrogens with zero attached hydrogens (tertiary/aromatic N) is 2. The van der Waals surface area contributed by atoms with E-state index >= 15 is 0 Å². The molecule has 0 amide bonds. The van der Waals surface area contributed by atoms with Crippen LogP contribution in [0.2, 0.25) is 0 Å². The molecule has 160 valence electrons. The maximum absolute atomic E-state index is 13.2. The maximum Gasteiger partial charge on any atom is 0.243 e. The van der Waals surface area contributed by atoms with Crippen molar-refractivity contribution in [3.63, 3.8) is 0 Å². The van der Waals surface area contributed by atoms with Crippen LogP contribution in [0.1, 0.15) is 56.9 Å². The summed E-state index contributed by atoms with van der Waals surface area (Å²) < 4.78 is 27.9. The van der Waals surface area contributed by atoms with Gasteiger partial charge in [-0.25, -0.2) is 8.42 Å². The fraction of sp³-hybridized carbons (Fsp3) is 0.667. The number of benzene rings is 1. The predicted octanol–water partition coefficient (Wildman–Crippen LogP) is 4.60. The Hall–Kier alpha value is -1.17. The van der Waals surface area contributed by atoms with E-state index in [1.54, 1.807) is 23.5 Å². The third-order valence-electron chi connectivity index (χ3n) is 7.53. The van der Waals surface area contributed by atoms with Crippen LogP contribution in [0, 0.1) is 18.8 Å². The number of likely N-dealkylation sites (N-methyl/N-ethyl adjacent to an activating group) is 1. The second kappa shape index (κ2) is 8.91. The van der Waals surface area contributed by atoms with Crippen molar-refractivity contribution in [2.45, 2.75) is 75.3 Å². The minimum absolute atomic E-state index is 0.0559. The molecule has 4 nitrogen and oxygen atoms in total. The Morgan fingerprint density at radius 1 is 0.966 bits per heavy atom. The van der Waals surface area contributed by atoms with Gasteiger partial charge in [-0.05, 0) is 56.2 Å². The summed E-state index contributed by atoms with van der Waals surface area (Å²) in [6, 6.07) is 7.60. The lowest BCUT2D eigenvalue weighted by atomic mass is 9.76. The first-order chi connectivity index (χ1) is 14.0. The first-order valence-electron chi connectivity index (χ1n) is 11.4. The summed E-state index contributed by atoms with van der Waals surface area (Å²) >= 11 is 0. The molecule has 5 heteroatoms. The molecule has 29 heavy (non-hydrogen) atoms. The zero-order valence-electron chi connectivity index (χ0n) is 18.0. The molecule has 1 aromatic rings. The van der Waals surface area contributed by atoms with Crippen LogP contribution in [-0.2, 0) is 10.0 Å². The average Bonchev–Trinajstić information content (AvgIpc) is 3.24. The van der Waals surface area contributed by atoms with Crippen molar-refractivity contribution in [3.8, 4) is 0 Å². The van der Waals surface area contributed by atoms with E-state index in [1.807, 2.05) is 19.1 Å². The Morgan fingerprint density at radius 2 is 1.69 bits per heavy atom. The van der Waals surface area contributed by atoms with Crippen LogP contribution in [0.25, 0.3) is 0 Å². The van der Waals surface area contributed by atoms with Crippen molar-refractivity contribution in [2.75, 3.05) is 20.1 Å². The lowest BCUT2D eigenvalue weighted by Crippen LogP contribution is -2.45. The highest BCUT2D eigenvalue weighted by Gasteiger charge is 2.36. The van der Waals surface area contributed by atoms with E-state index < -0.39 is 10.0 Å². The summed E-state index contributed by atoms with van der Waals surface area (Å²) in [6.45, 7) is 4.22. The molecule has 2 fully saturated rings. The second-order valence-corrected chi connectivity index (χ2v) is 11.3. The summed E-state index contributed by atoms with van der Waals surface area (Å²) in [6.07, 6.45) is 15.0. The molecule has 1 aliphatic heterocycles. The molecule has 0 bridgehead atoms. The van der Waals surface area contributed by atoms with Crippen LogP contribution in [0.5, 0.6) is 0 Å². The largest absolute Gasteiger partial charge is 0.297 e. The number of aryl methyl sites for hydroxylation is 1. The van der Waals surface area contributed by atoms with Crippen molar-refractivity contribution in [2.24, 2.45) is 11.8 Å². The molecular formula is C24H36N2O2S. The molecule has 2 aliphatic carbocycles. The fourth-order valence-corrected chi connectivity index (χ4v) is 7.26. The van der Waals surface area contributed by atoms with Gasteiger partial charge in [-0.2, -0.15) is 4.31 Å². The van der Waals surface area contributed by atoms with Crippen LogP contribution >= 0.6 is 0 Å². The number of sulfonamides is 1. The summed E-state index contributed by atoms with van der Waals surface area (Å²) in [5.41, 5.74) is 0.809. The molecule has 0 radical (unpaired) electrons. The quantitative estimate of drug-likeness (QED) is 0.659. The Balaban J connectivity index is 1.40. The van der Waals surface area contributed by atoms with Crippen molar-refractivity contribution in [1.29, 1.82) is 0 Å². The molecular weight excluding hydrogens is 380 g/mol. The normalized spacial score (nSPS) is 29.6. The van der Waals surface area contributed by atoms with Gasteiger partial charge in [0, 0.05) is 25.7 Å². The number of likely N-dealkylation sites (tertiary alicyclic amines) is 1. The molecule has 0 aromatic heterocycles. The Labute approximate surface area is 177 Å². The van der Waals surface area contributed by atoms with Crippen LogP contribution in [0.15, 0.2) is 41.3 Å². The van der Waals surface area contributed by atoms with Gasteiger partial charge in [0.1, 0.15) is 0 Å². The first kappa shape index (κ1) is 21.1. The van der Waals surface area contributed by atoms with E-state index in [0.717, 1.165) is 30.4 Å². The number of hydrogen-bond donors (Lipinski definition) is 0. The van der Waals surface area contributed by atoms with Crippen LogP contribution in [-0.4, -0.2) is 49.8 Å². The Morgan fingerprint density at radius 3 is 2.45 bits per heavy atom. The zero-order chi connectivity index (χ0) is 20.4. The van der Waals surface area contributed by atoms with Gasteiger partial charge in [-0.15, -0.1) is 0 Å². The SMILES string of the molecule is Cc1ccccc1S(=O)(=O)N(C)C1C=CC(N2CCCC(C3CCCCC3)C2)C1. The van der Waals surface area contributed by atoms with E-state index in [1.165, 1.54) is 51.5 Å². The number of hydrogen-bond acceptors (Lipinski definition) is 3. The van der Waals surface area contributed by atoms with Gasteiger partial charge in [0.25, 0.3) is 0 Å². The van der Waals surface area contributed by atoms with Gasteiger partial charge in [-0.1, -0.05) is 62.5 Å². The summed E-state index contributed by atoms with van der Waals surface area (Å²) in [4.78, 5) is 3.06. The molecule has 0 spiro atoms. The van der Waals surface area contributed by atoms with Crippen molar-refractivity contribution in [1.82, 2.24) is 9.21 Å².